The summed E-state index contributed by atoms with van der Waals surface area (Å²) in [5.41, 5.74) is 1.11. The van der Waals surface area contributed by atoms with Crippen molar-refractivity contribution < 1.29 is 18.7 Å². The van der Waals surface area contributed by atoms with Gasteiger partial charge in [-0.2, -0.15) is 0 Å². The molecule has 2 aromatic carbocycles. The van der Waals surface area contributed by atoms with E-state index in [0.29, 0.717) is 10.6 Å². The molecule has 0 bridgehead atoms. The van der Waals surface area contributed by atoms with E-state index < -0.39 is 18.1 Å². The molecule has 26 heavy (non-hydrogen) atoms. The first kappa shape index (κ1) is 18.4. The van der Waals surface area contributed by atoms with E-state index in [4.69, 9.17) is 16.3 Å². The highest BCUT2D eigenvalue weighted by Gasteiger charge is 2.39. The Kier molecular flexibility index (Phi) is 5.54. The molecule has 0 spiro atoms. The van der Waals surface area contributed by atoms with Gasteiger partial charge in [0, 0.05) is 24.2 Å². The van der Waals surface area contributed by atoms with Crippen LogP contribution in [0.25, 0.3) is 0 Å². The van der Waals surface area contributed by atoms with Crippen molar-refractivity contribution in [1.82, 2.24) is 10.2 Å². The van der Waals surface area contributed by atoms with Gasteiger partial charge in [-0.25, -0.2) is 4.39 Å². The van der Waals surface area contributed by atoms with Crippen molar-refractivity contribution in [1.29, 1.82) is 0 Å². The van der Waals surface area contributed by atoms with Crippen molar-refractivity contribution in [2.45, 2.75) is 18.7 Å². The van der Waals surface area contributed by atoms with Crippen molar-refractivity contribution in [3.8, 4) is 0 Å². The summed E-state index contributed by atoms with van der Waals surface area (Å²) < 4.78 is 19.2. The molecule has 5 nitrogen and oxygen atoms in total. The Hall–Kier alpha value is -2.44. The Balaban J connectivity index is 1.79. The number of hydrogen-bond acceptors (Lipinski definition) is 3. The van der Waals surface area contributed by atoms with Crippen LogP contribution in [-0.4, -0.2) is 36.5 Å². The molecule has 7 heteroatoms. The van der Waals surface area contributed by atoms with Crippen LogP contribution in [0.5, 0.6) is 0 Å². The number of hydrogen-bond donors (Lipinski definition) is 1. The number of amides is 2. The molecule has 2 atom stereocenters. The van der Waals surface area contributed by atoms with Crippen LogP contribution < -0.4 is 5.32 Å². The van der Waals surface area contributed by atoms with Gasteiger partial charge in [0.2, 0.25) is 5.91 Å². The maximum absolute atomic E-state index is 13.7. The van der Waals surface area contributed by atoms with E-state index in [2.05, 4.69) is 5.32 Å². The molecule has 1 saturated heterocycles. The number of benzene rings is 2. The van der Waals surface area contributed by atoms with Crippen LogP contribution in [0, 0.1) is 5.82 Å². The summed E-state index contributed by atoms with van der Waals surface area (Å²) in [6.07, 6.45) is -0.898. The predicted molar refractivity (Wildman–Crippen MR) is 94.9 cm³/mol. The maximum atomic E-state index is 13.7. The summed E-state index contributed by atoms with van der Waals surface area (Å²) in [6, 6.07) is 12.5. The largest absolute Gasteiger partial charge is 0.356 e. The summed E-state index contributed by atoms with van der Waals surface area (Å²) in [5, 5.41) is 3.24. The average molecular weight is 377 g/mol. The standard InChI is InChI=1S/C19H18ClFN2O3/c1-23-16(24)11-26-18(17(23)12-6-8-14(20)9-7-12)19(25)22-10-13-4-2-3-5-15(13)21/h2-9,17-18H,10-11H2,1H3,(H,22,25)/t17-,18-/m0/s1. The van der Waals surface area contributed by atoms with Gasteiger partial charge in [0.25, 0.3) is 5.91 Å². The molecule has 1 aliphatic rings. The van der Waals surface area contributed by atoms with Gasteiger partial charge >= 0.3 is 0 Å². The Labute approximate surface area is 155 Å². The molecule has 1 heterocycles. The van der Waals surface area contributed by atoms with Crippen LogP contribution in [0.4, 0.5) is 4.39 Å². The molecule has 1 fully saturated rings. The van der Waals surface area contributed by atoms with Crippen LogP contribution in [0.3, 0.4) is 0 Å². The highest BCUT2D eigenvalue weighted by molar-refractivity contribution is 6.30. The number of nitrogens with one attached hydrogen (secondary N) is 1. The minimum Gasteiger partial charge on any atom is -0.356 e. The summed E-state index contributed by atoms with van der Waals surface area (Å²) in [7, 11) is 1.63. The van der Waals surface area contributed by atoms with Gasteiger partial charge in [0.05, 0.1) is 6.04 Å². The van der Waals surface area contributed by atoms with Crippen LogP contribution >= 0.6 is 11.6 Å². The number of morpholine rings is 1. The zero-order valence-corrected chi connectivity index (χ0v) is 14.9. The molecule has 3 rings (SSSR count). The molecule has 0 aromatic heterocycles. The van der Waals surface area contributed by atoms with Crippen molar-refractivity contribution in [2.75, 3.05) is 13.7 Å². The third-order valence-electron chi connectivity index (χ3n) is 4.36. The molecule has 0 radical (unpaired) electrons. The van der Waals surface area contributed by atoms with Crippen molar-refractivity contribution in [3.05, 3.63) is 70.5 Å². The van der Waals surface area contributed by atoms with E-state index in [1.54, 1.807) is 49.5 Å². The average Bonchev–Trinajstić information content (AvgIpc) is 2.64. The summed E-state index contributed by atoms with van der Waals surface area (Å²) in [4.78, 5) is 26.2. The van der Waals surface area contributed by atoms with E-state index in [-0.39, 0.29) is 24.9 Å². The number of nitrogens with zero attached hydrogens (tertiary/aromatic N) is 1. The van der Waals surface area contributed by atoms with E-state index in [1.165, 1.54) is 11.0 Å². The van der Waals surface area contributed by atoms with Crippen LogP contribution in [0.1, 0.15) is 17.2 Å². The fraction of sp³-hybridized carbons (Fsp3) is 0.263. The second-order valence-electron chi connectivity index (χ2n) is 6.04. The SMILES string of the molecule is CN1C(=O)CO[C@H](C(=O)NCc2ccccc2F)[C@@H]1c1ccc(Cl)cc1. The lowest BCUT2D eigenvalue weighted by atomic mass is 9.97. The molecule has 0 saturated carbocycles. The van der Waals surface area contributed by atoms with Gasteiger partial charge < -0.3 is 15.0 Å². The third kappa shape index (κ3) is 3.86. The summed E-state index contributed by atoms with van der Waals surface area (Å²) in [5.74, 6) is -1.02. The zero-order valence-electron chi connectivity index (χ0n) is 14.1. The topological polar surface area (TPSA) is 58.6 Å². The Morgan fingerprint density at radius 2 is 1.96 bits per heavy atom. The minimum atomic E-state index is -0.898. The molecule has 2 amide bonds. The highest BCUT2D eigenvalue weighted by Crippen LogP contribution is 2.30. The van der Waals surface area contributed by atoms with E-state index in [9.17, 15) is 14.0 Å². The predicted octanol–water partition coefficient (Wildman–Crippen LogP) is 2.69. The third-order valence-corrected chi connectivity index (χ3v) is 4.62. The number of halogens is 2. The molecular weight excluding hydrogens is 359 g/mol. The second-order valence-corrected chi connectivity index (χ2v) is 6.48. The smallest absolute Gasteiger partial charge is 0.251 e. The summed E-state index contributed by atoms with van der Waals surface area (Å²) >= 11 is 5.92. The first-order valence-electron chi connectivity index (χ1n) is 8.11. The minimum absolute atomic E-state index is 0.0381. The van der Waals surface area contributed by atoms with Gasteiger partial charge in [-0.05, 0) is 23.8 Å². The lowest BCUT2D eigenvalue weighted by Crippen LogP contribution is -2.52. The van der Waals surface area contributed by atoms with Crippen molar-refractivity contribution in [3.63, 3.8) is 0 Å². The van der Waals surface area contributed by atoms with Crippen molar-refractivity contribution >= 4 is 23.4 Å². The monoisotopic (exact) mass is 376 g/mol. The summed E-state index contributed by atoms with van der Waals surface area (Å²) in [6.45, 7) is -0.144. The Morgan fingerprint density at radius 3 is 2.65 bits per heavy atom. The Bertz CT molecular complexity index is 813. The lowest BCUT2D eigenvalue weighted by molar-refractivity contribution is -0.162. The fourth-order valence-corrected chi connectivity index (χ4v) is 3.04. The molecule has 0 aliphatic carbocycles. The van der Waals surface area contributed by atoms with Crippen LogP contribution in [0.15, 0.2) is 48.5 Å². The lowest BCUT2D eigenvalue weighted by Gasteiger charge is -2.38. The van der Waals surface area contributed by atoms with Crippen molar-refractivity contribution in [2.24, 2.45) is 0 Å². The number of likely N-dealkylation sites (N-methyl/N-ethyl adjacent to an activating group) is 1. The maximum Gasteiger partial charge on any atom is 0.251 e. The van der Waals surface area contributed by atoms with Gasteiger partial charge in [0.15, 0.2) is 6.10 Å². The molecule has 1 aliphatic heterocycles. The fourth-order valence-electron chi connectivity index (χ4n) is 2.91. The number of carbonyl (C=O) groups is 2. The molecular formula is C19H18ClFN2O3. The van der Waals surface area contributed by atoms with Gasteiger partial charge in [-0.1, -0.05) is 41.9 Å². The molecule has 136 valence electrons. The molecule has 2 aromatic rings. The zero-order chi connectivity index (χ0) is 18.7. The highest BCUT2D eigenvalue weighted by atomic mass is 35.5. The first-order valence-corrected chi connectivity index (χ1v) is 8.49. The van der Waals surface area contributed by atoms with E-state index >= 15 is 0 Å². The van der Waals surface area contributed by atoms with E-state index in [0.717, 1.165) is 5.56 Å². The number of rotatable bonds is 4. The second kappa shape index (κ2) is 7.85. The number of carbonyl (C=O) groups excluding carboxylic acids is 2. The normalized spacial score (nSPS) is 20.1. The van der Waals surface area contributed by atoms with Crippen LogP contribution in [-0.2, 0) is 20.9 Å². The first-order chi connectivity index (χ1) is 12.5. The quantitative estimate of drug-likeness (QED) is 0.892. The van der Waals surface area contributed by atoms with E-state index in [1.807, 2.05) is 0 Å². The van der Waals surface area contributed by atoms with Crippen LogP contribution in [0.2, 0.25) is 5.02 Å². The molecule has 1 N–H and O–H groups in total. The Morgan fingerprint density at radius 1 is 1.27 bits per heavy atom. The number of ether oxygens (including phenoxy) is 1. The van der Waals surface area contributed by atoms with Gasteiger partial charge in [-0.15, -0.1) is 0 Å². The molecule has 0 unspecified atom stereocenters. The van der Waals surface area contributed by atoms with Gasteiger partial charge in [-0.3, -0.25) is 9.59 Å². The van der Waals surface area contributed by atoms with Gasteiger partial charge in [0.1, 0.15) is 12.4 Å².